The van der Waals surface area contributed by atoms with Gasteiger partial charge in [0.15, 0.2) is 0 Å². The van der Waals surface area contributed by atoms with Gasteiger partial charge in [-0.1, -0.05) is 6.07 Å². The molecular formula is C15H23FN2O. The summed E-state index contributed by atoms with van der Waals surface area (Å²) in [6.07, 6.45) is 2.25. The monoisotopic (exact) mass is 266 g/mol. The van der Waals surface area contributed by atoms with E-state index in [9.17, 15) is 4.39 Å². The predicted octanol–water partition coefficient (Wildman–Crippen LogP) is 2.85. The van der Waals surface area contributed by atoms with Crippen LogP contribution in [0.5, 0.6) is 0 Å². The van der Waals surface area contributed by atoms with E-state index in [0.717, 1.165) is 38.1 Å². The number of anilines is 1. The average molecular weight is 266 g/mol. The highest BCUT2D eigenvalue weighted by molar-refractivity contribution is 5.50. The molecule has 106 valence electrons. The summed E-state index contributed by atoms with van der Waals surface area (Å²) in [5.41, 5.74) is 7.28. The lowest BCUT2D eigenvalue weighted by molar-refractivity contribution is 0.0458. The lowest BCUT2D eigenvalue weighted by atomic mass is 10.0. The van der Waals surface area contributed by atoms with Crippen LogP contribution in [0.4, 0.5) is 10.1 Å². The van der Waals surface area contributed by atoms with Crippen molar-refractivity contribution in [3.63, 3.8) is 0 Å². The van der Waals surface area contributed by atoms with Gasteiger partial charge >= 0.3 is 0 Å². The largest absolute Gasteiger partial charge is 0.378 e. The van der Waals surface area contributed by atoms with Gasteiger partial charge < -0.3 is 15.4 Å². The van der Waals surface area contributed by atoms with E-state index in [0.29, 0.717) is 11.8 Å². The molecule has 1 fully saturated rings. The molecule has 0 saturated carbocycles. The van der Waals surface area contributed by atoms with Crippen LogP contribution in [-0.2, 0) is 4.74 Å². The van der Waals surface area contributed by atoms with Gasteiger partial charge in [0.2, 0.25) is 0 Å². The first-order valence-corrected chi connectivity index (χ1v) is 7.03. The van der Waals surface area contributed by atoms with Crippen LogP contribution in [0.25, 0.3) is 0 Å². The van der Waals surface area contributed by atoms with Crippen LogP contribution >= 0.6 is 0 Å². The lowest BCUT2D eigenvalue weighted by Gasteiger charge is -2.33. The van der Waals surface area contributed by atoms with Crippen molar-refractivity contribution >= 4 is 5.69 Å². The van der Waals surface area contributed by atoms with E-state index in [4.69, 9.17) is 10.5 Å². The highest BCUT2D eigenvalue weighted by Gasteiger charge is 2.21. The Morgan fingerprint density at radius 1 is 1.42 bits per heavy atom. The molecule has 2 N–H and O–H groups in total. The summed E-state index contributed by atoms with van der Waals surface area (Å²) in [6, 6.07) is 5.17. The molecule has 1 heterocycles. The van der Waals surface area contributed by atoms with Gasteiger partial charge in [-0.2, -0.15) is 0 Å². The van der Waals surface area contributed by atoms with Crippen LogP contribution in [0.1, 0.15) is 38.3 Å². The first-order chi connectivity index (χ1) is 9.11. The van der Waals surface area contributed by atoms with E-state index in [1.54, 1.807) is 6.07 Å². The molecule has 1 aliphatic heterocycles. The van der Waals surface area contributed by atoms with Crippen LogP contribution in [0.2, 0.25) is 0 Å². The van der Waals surface area contributed by atoms with Gasteiger partial charge in [0.05, 0.1) is 11.8 Å². The smallest absolute Gasteiger partial charge is 0.146 e. The van der Waals surface area contributed by atoms with Crippen LogP contribution in [0, 0.1) is 5.82 Å². The first-order valence-electron chi connectivity index (χ1n) is 7.03. The molecule has 1 aromatic rings. The molecule has 0 amide bonds. The number of hydrogen-bond donors (Lipinski definition) is 1. The van der Waals surface area contributed by atoms with Crippen LogP contribution in [0.3, 0.4) is 0 Å². The van der Waals surface area contributed by atoms with E-state index in [1.807, 2.05) is 26.0 Å². The first kappa shape index (κ1) is 14.3. The van der Waals surface area contributed by atoms with Gasteiger partial charge in [-0.25, -0.2) is 4.39 Å². The molecule has 2 rings (SSSR count). The Balaban J connectivity index is 2.03. The quantitative estimate of drug-likeness (QED) is 0.910. The second-order valence-corrected chi connectivity index (χ2v) is 5.14. The maximum atomic E-state index is 14.1. The van der Waals surface area contributed by atoms with E-state index in [1.165, 1.54) is 0 Å². The van der Waals surface area contributed by atoms with Crippen LogP contribution < -0.4 is 10.6 Å². The minimum Gasteiger partial charge on any atom is -0.378 e. The maximum Gasteiger partial charge on any atom is 0.146 e. The Morgan fingerprint density at radius 2 is 2.11 bits per heavy atom. The average Bonchev–Trinajstić information content (AvgIpc) is 2.40. The fourth-order valence-electron chi connectivity index (χ4n) is 2.56. The SMILES string of the molecule is CCOC1CCN(c2ccc(C(C)N)cc2F)CC1. The number of halogens is 1. The Bertz CT molecular complexity index is 415. The standard InChI is InChI=1S/C15H23FN2O/c1-3-19-13-6-8-18(9-7-13)15-5-4-12(11(2)17)10-14(15)16/h4-5,10-11,13H,3,6-9,17H2,1-2H3. The summed E-state index contributed by atoms with van der Waals surface area (Å²) in [7, 11) is 0. The number of piperidine rings is 1. The third kappa shape index (κ3) is 3.45. The molecule has 0 bridgehead atoms. The van der Waals surface area contributed by atoms with Gasteiger partial charge in [-0.05, 0) is 44.4 Å². The number of nitrogens with zero attached hydrogens (tertiary/aromatic N) is 1. The normalized spacial score (nSPS) is 18.6. The second-order valence-electron chi connectivity index (χ2n) is 5.14. The zero-order valence-electron chi connectivity index (χ0n) is 11.7. The Morgan fingerprint density at radius 3 is 2.63 bits per heavy atom. The van der Waals surface area contributed by atoms with Crippen molar-refractivity contribution in [2.75, 3.05) is 24.6 Å². The highest BCUT2D eigenvalue weighted by atomic mass is 19.1. The van der Waals surface area contributed by atoms with Gasteiger partial charge in [0, 0.05) is 25.7 Å². The molecule has 4 heteroatoms. The van der Waals surface area contributed by atoms with Crippen molar-refractivity contribution in [2.45, 2.75) is 38.8 Å². The molecule has 0 radical (unpaired) electrons. The Kier molecular flexibility index (Phi) is 4.77. The van der Waals surface area contributed by atoms with Crippen molar-refractivity contribution < 1.29 is 9.13 Å². The summed E-state index contributed by atoms with van der Waals surface area (Å²) in [4.78, 5) is 2.09. The minimum atomic E-state index is -0.176. The molecule has 1 aliphatic rings. The van der Waals surface area contributed by atoms with Crippen LogP contribution in [0.15, 0.2) is 18.2 Å². The molecule has 0 aliphatic carbocycles. The zero-order chi connectivity index (χ0) is 13.8. The van der Waals surface area contributed by atoms with E-state index < -0.39 is 0 Å². The number of benzene rings is 1. The molecule has 1 saturated heterocycles. The third-order valence-corrected chi connectivity index (χ3v) is 3.68. The van der Waals surface area contributed by atoms with E-state index >= 15 is 0 Å². The molecule has 1 unspecified atom stereocenters. The Hall–Kier alpha value is -1.13. The van der Waals surface area contributed by atoms with Crippen LogP contribution in [-0.4, -0.2) is 25.8 Å². The maximum absolute atomic E-state index is 14.1. The molecule has 1 aromatic carbocycles. The number of hydrogen-bond acceptors (Lipinski definition) is 3. The Labute approximate surface area is 114 Å². The molecule has 0 aromatic heterocycles. The number of ether oxygens (including phenoxy) is 1. The van der Waals surface area contributed by atoms with Gasteiger partial charge in [0.25, 0.3) is 0 Å². The summed E-state index contributed by atoms with van der Waals surface area (Å²) in [5.74, 6) is -0.176. The predicted molar refractivity (Wildman–Crippen MR) is 75.9 cm³/mol. The summed E-state index contributed by atoms with van der Waals surface area (Å²) >= 11 is 0. The lowest BCUT2D eigenvalue weighted by Crippen LogP contribution is -2.37. The van der Waals surface area contributed by atoms with Gasteiger partial charge in [0.1, 0.15) is 5.82 Å². The topological polar surface area (TPSA) is 38.5 Å². The zero-order valence-corrected chi connectivity index (χ0v) is 11.7. The van der Waals surface area contributed by atoms with Crippen molar-refractivity contribution in [1.29, 1.82) is 0 Å². The summed E-state index contributed by atoms with van der Waals surface area (Å²) in [5, 5.41) is 0. The van der Waals surface area contributed by atoms with Crippen molar-refractivity contribution in [1.82, 2.24) is 0 Å². The van der Waals surface area contributed by atoms with E-state index in [-0.39, 0.29) is 11.9 Å². The van der Waals surface area contributed by atoms with Crippen molar-refractivity contribution in [3.05, 3.63) is 29.6 Å². The fourth-order valence-corrected chi connectivity index (χ4v) is 2.56. The minimum absolute atomic E-state index is 0.132. The highest BCUT2D eigenvalue weighted by Crippen LogP contribution is 2.26. The number of nitrogens with two attached hydrogens (primary N) is 1. The molecule has 3 nitrogen and oxygen atoms in total. The van der Waals surface area contributed by atoms with Gasteiger partial charge in [-0.3, -0.25) is 0 Å². The van der Waals surface area contributed by atoms with E-state index in [2.05, 4.69) is 4.90 Å². The fraction of sp³-hybridized carbons (Fsp3) is 0.600. The van der Waals surface area contributed by atoms with Crippen molar-refractivity contribution in [2.24, 2.45) is 5.73 Å². The second kappa shape index (κ2) is 6.35. The van der Waals surface area contributed by atoms with Gasteiger partial charge in [-0.15, -0.1) is 0 Å². The summed E-state index contributed by atoms with van der Waals surface area (Å²) in [6.45, 7) is 6.32. The molecule has 1 atom stereocenters. The molecule has 19 heavy (non-hydrogen) atoms. The molecule has 0 spiro atoms. The summed E-state index contributed by atoms with van der Waals surface area (Å²) < 4.78 is 19.7. The third-order valence-electron chi connectivity index (χ3n) is 3.68. The van der Waals surface area contributed by atoms with Crippen molar-refractivity contribution in [3.8, 4) is 0 Å². The number of rotatable bonds is 4. The molecular weight excluding hydrogens is 243 g/mol.